The minimum Gasteiger partial charge on any atom is -0.306 e. The third kappa shape index (κ3) is 3.84. The van der Waals surface area contributed by atoms with E-state index in [2.05, 4.69) is 179 Å². The number of benzene rings is 8. The van der Waals surface area contributed by atoms with Crippen LogP contribution in [-0.2, 0) is 0 Å². The van der Waals surface area contributed by atoms with Crippen LogP contribution in [0.5, 0.6) is 0 Å². The van der Waals surface area contributed by atoms with Gasteiger partial charge in [0.15, 0.2) is 0 Å². The molecule has 0 radical (unpaired) electrons. The van der Waals surface area contributed by atoms with Gasteiger partial charge in [0.05, 0.1) is 38.8 Å². The molecule has 0 N–H and O–H groups in total. The van der Waals surface area contributed by atoms with Gasteiger partial charge in [-0.3, -0.25) is 4.57 Å². The molecule has 13 rings (SSSR count). The van der Waals surface area contributed by atoms with E-state index in [4.69, 9.17) is 9.97 Å². The van der Waals surface area contributed by atoms with Crippen molar-refractivity contribution in [3.05, 3.63) is 170 Å². The molecular weight excluding hydrogens is 689 g/mol. The first-order valence-corrected chi connectivity index (χ1v) is 19.5. The lowest BCUT2D eigenvalue weighted by Gasteiger charge is -2.12. The van der Waals surface area contributed by atoms with E-state index >= 15 is 0 Å². The van der Waals surface area contributed by atoms with Crippen molar-refractivity contribution in [3.8, 4) is 17.2 Å². The zero-order chi connectivity index (χ0) is 35.8. The van der Waals surface area contributed by atoms with Crippen LogP contribution in [0.25, 0.3) is 119 Å². The monoisotopic (exact) mass is 716 g/mol. The highest BCUT2D eigenvalue weighted by molar-refractivity contribution is 7.26. The average molecular weight is 717 g/mol. The lowest BCUT2D eigenvalue weighted by Crippen LogP contribution is -2.04. The van der Waals surface area contributed by atoms with Crippen LogP contribution in [-0.4, -0.2) is 18.9 Å². The second-order valence-electron chi connectivity index (χ2n) is 14.5. The molecular formula is C50H28N4S. The fourth-order valence-corrected chi connectivity index (χ4v) is 10.6. The largest absolute Gasteiger partial charge is 0.306 e. The Bertz CT molecular complexity index is 3780. The van der Waals surface area contributed by atoms with Gasteiger partial charge in [0.1, 0.15) is 0 Å². The quantitative estimate of drug-likeness (QED) is 0.179. The van der Waals surface area contributed by atoms with Crippen molar-refractivity contribution in [3.63, 3.8) is 0 Å². The standard InChI is InChI=1S/C50H28N4S/c1-2-13-29(14-3-1)46-38-17-4-7-22-39(38)51-50(52-46)54-41-24-9-6-16-31(41)36-27-28-37-35-21-10-20-34-33-19-12-26-43-45(33)44-32(18-11-25-42(44)55-43)30-15-5-8-23-40(30)53(47(34)35)48(37)49(36)54/h1-28H. The number of hydrogen-bond acceptors (Lipinski definition) is 3. The Morgan fingerprint density at radius 1 is 0.364 bits per heavy atom. The van der Waals surface area contributed by atoms with Crippen LogP contribution in [0.15, 0.2) is 170 Å². The van der Waals surface area contributed by atoms with Gasteiger partial charge >= 0.3 is 0 Å². The molecule has 0 bridgehead atoms. The number of rotatable bonds is 2. The number of fused-ring (bicyclic) bond motifs is 12. The SMILES string of the molecule is c1ccc(-c2nc(-n3c4ccccc4c4ccc5c6cccc7c8cccc9sc%10cccc(c%11ccccc%11n(c76)c5c43)c%10c98)nc3ccccc23)cc1. The van der Waals surface area contributed by atoms with Crippen LogP contribution in [0, 0.1) is 0 Å². The molecule has 254 valence electrons. The topological polar surface area (TPSA) is 35.1 Å². The zero-order valence-electron chi connectivity index (χ0n) is 29.4. The molecule has 5 aromatic heterocycles. The molecule has 0 fully saturated rings. The number of aromatic nitrogens is 4. The highest BCUT2D eigenvalue weighted by Gasteiger charge is 2.24. The molecule has 55 heavy (non-hydrogen) atoms. The van der Waals surface area contributed by atoms with Crippen molar-refractivity contribution in [2.75, 3.05) is 0 Å². The maximum absolute atomic E-state index is 5.47. The molecule has 0 saturated heterocycles. The van der Waals surface area contributed by atoms with E-state index in [0.717, 1.165) is 44.2 Å². The Morgan fingerprint density at radius 3 is 1.65 bits per heavy atom. The van der Waals surface area contributed by atoms with Gasteiger partial charge in [-0.1, -0.05) is 140 Å². The second-order valence-corrected chi connectivity index (χ2v) is 15.6. The van der Waals surface area contributed by atoms with Gasteiger partial charge < -0.3 is 4.40 Å². The minimum absolute atomic E-state index is 0.655. The van der Waals surface area contributed by atoms with Crippen LogP contribution in [0.4, 0.5) is 0 Å². The van der Waals surface area contributed by atoms with Crippen molar-refractivity contribution in [1.82, 2.24) is 18.9 Å². The summed E-state index contributed by atoms with van der Waals surface area (Å²) in [5, 5.41) is 13.4. The molecule has 0 unspecified atom stereocenters. The van der Waals surface area contributed by atoms with E-state index in [-0.39, 0.29) is 0 Å². The smallest absolute Gasteiger partial charge is 0.235 e. The summed E-state index contributed by atoms with van der Waals surface area (Å²) in [7, 11) is 0. The van der Waals surface area contributed by atoms with Gasteiger partial charge in [-0.25, -0.2) is 9.97 Å². The summed E-state index contributed by atoms with van der Waals surface area (Å²) in [6.07, 6.45) is 0. The lowest BCUT2D eigenvalue weighted by molar-refractivity contribution is 1.01. The van der Waals surface area contributed by atoms with E-state index in [1.807, 2.05) is 11.3 Å². The van der Waals surface area contributed by atoms with Gasteiger partial charge in [-0.05, 0) is 41.1 Å². The number of hydrogen-bond donors (Lipinski definition) is 0. The van der Waals surface area contributed by atoms with Crippen molar-refractivity contribution in [1.29, 1.82) is 0 Å². The second kappa shape index (κ2) is 10.8. The fourth-order valence-electron chi connectivity index (χ4n) is 9.46. The maximum atomic E-state index is 5.47. The van der Waals surface area contributed by atoms with E-state index in [1.165, 1.54) is 68.8 Å². The summed E-state index contributed by atoms with van der Waals surface area (Å²) in [6, 6.07) is 61.6. The summed E-state index contributed by atoms with van der Waals surface area (Å²) >= 11 is 1.89. The van der Waals surface area contributed by atoms with E-state index in [0.29, 0.717) is 5.95 Å². The molecule has 0 atom stereocenters. The third-order valence-electron chi connectivity index (χ3n) is 11.7. The molecule has 0 aliphatic rings. The Balaban J connectivity index is 1.34. The van der Waals surface area contributed by atoms with Gasteiger partial charge in [-0.2, -0.15) is 0 Å². The summed E-state index contributed by atoms with van der Waals surface area (Å²) in [5.74, 6) is 0.655. The number of nitrogens with zero attached hydrogens (tertiary/aromatic N) is 4. The van der Waals surface area contributed by atoms with Crippen molar-refractivity contribution in [2.45, 2.75) is 0 Å². The molecule has 5 heterocycles. The minimum atomic E-state index is 0.655. The first kappa shape index (κ1) is 29.4. The molecule has 13 aromatic rings. The molecule has 0 saturated carbocycles. The van der Waals surface area contributed by atoms with E-state index < -0.39 is 0 Å². The highest BCUT2D eigenvalue weighted by Crippen LogP contribution is 2.46. The summed E-state index contributed by atoms with van der Waals surface area (Å²) < 4.78 is 7.49. The van der Waals surface area contributed by atoms with E-state index in [9.17, 15) is 0 Å². The Kier molecular flexibility index (Phi) is 5.74. The first-order valence-electron chi connectivity index (χ1n) is 18.7. The molecule has 8 aromatic carbocycles. The Labute approximate surface area is 317 Å². The number of thiophene rings is 1. The molecule has 5 heteroatoms. The van der Waals surface area contributed by atoms with Crippen molar-refractivity contribution < 1.29 is 0 Å². The molecule has 4 nitrogen and oxygen atoms in total. The van der Waals surface area contributed by atoms with Crippen LogP contribution in [0.2, 0.25) is 0 Å². The van der Waals surface area contributed by atoms with Crippen molar-refractivity contribution >= 4 is 113 Å². The molecule has 0 aliphatic carbocycles. The predicted molar refractivity (Wildman–Crippen MR) is 233 cm³/mol. The Hall–Kier alpha value is -7.08. The van der Waals surface area contributed by atoms with Gasteiger partial charge in [0.25, 0.3) is 0 Å². The van der Waals surface area contributed by atoms with Crippen LogP contribution in [0.1, 0.15) is 0 Å². The molecule has 0 amide bonds. The average Bonchev–Trinajstić information content (AvgIpc) is 3.92. The van der Waals surface area contributed by atoms with Gasteiger partial charge in [0, 0.05) is 63.4 Å². The van der Waals surface area contributed by atoms with E-state index in [1.54, 1.807) is 0 Å². The normalized spacial score (nSPS) is 12.4. The van der Waals surface area contributed by atoms with Crippen molar-refractivity contribution in [2.24, 2.45) is 0 Å². The van der Waals surface area contributed by atoms with Crippen LogP contribution < -0.4 is 0 Å². The summed E-state index contributed by atoms with van der Waals surface area (Å²) in [4.78, 5) is 10.8. The Morgan fingerprint density at radius 2 is 0.891 bits per heavy atom. The predicted octanol–water partition coefficient (Wildman–Crippen LogP) is 13.6. The lowest BCUT2D eigenvalue weighted by atomic mass is 10.0. The summed E-state index contributed by atoms with van der Waals surface area (Å²) in [5.41, 5.74) is 8.57. The van der Waals surface area contributed by atoms with Gasteiger partial charge in [-0.15, -0.1) is 11.3 Å². The first-order chi connectivity index (χ1) is 27.3. The van der Waals surface area contributed by atoms with Gasteiger partial charge in [0.2, 0.25) is 5.95 Å². The highest BCUT2D eigenvalue weighted by atomic mass is 32.1. The molecule has 0 aliphatic heterocycles. The number of para-hydroxylation sites is 4. The van der Waals surface area contributed by atoms with Crippen LogP contribution in [0.3, 0.4) is 0 Å². The van der Waals surface area contributed by atoms with Crippen LogP contribution >= 0.6 is 11.3 Å². The third-order valence-corrected chi connectivity index (χ3v) is 12.8. The fraction of sp³-hybridized carbons (Fsp3) is 0. The summed E-state index contributed by atoms with van der Waals surface area (Å²) in [6.45, 7) is 0. The molecule has 0 spiro atoms. The maximum Gasteiger partial charge on any atom is 0.235 e. The zero-order valence-corrected chi connectivity index (χ0v) is 30.2.